The number of methoxy groups -OCH3 is 2. The van der Waals surface area contributed by atoms with Gasteiger partial charge in [0, 0.05) is 20.6 Å². The molecule has 0 amide bonds. The van der Waals surface area contributed by atoms with Gasteiger partial charge >= 0.3 is 0 Å². The van der Waals surface area contributed by atoms with Gasteiger partial charge in [0.1, 0.15) is 0 Å². The Morgan fingerprint density at radius 3 is 1.30 bits per heavy atom. The zero-order valence-electron chi connectivity index (χ0n) is 14.2. The predicted octanol–water partition coefficient (Wildman–Crippen LogP) is 3.41. The number of ether oxygens (including phenoxy) is 2. The van der Waals surface area contributed by atoms with E-state index in [1.54, 1.807) is 34.6 Å². The van der Waals surface area contributed by atoms with Gasteiger partial charge in [-0.05, 0) is 40.5 Å². The van der Waals surface area contributed by atoms with E-state index in [0.717, 1.165) is 0 Å². The Balaban J connectivity index is 4.66. The molecular formula is C14H30O6. The molecule has 0 aliphatic heterocycles. The Bertz CT molecular complexity index is 255. The third-order valence-electron chi connectivity index (χ3n) is 2.60. The molecule has 0 aliphatic rings. The van der Waals surface area contributed by atoms with E-state index >= 15 is 0 Å². The zero-order valence-corrected chi connectivity index (χ0v) is 14.2. The van der Waals surface area contributed by atoms with Crippen molar-refractivity contribution in [3.63, 3.8) is 0 Å². The summed E-state index contributed by atoms with van der Waals surface area (Å²) in [7, 11) is 3.07. The summed E-state index contributed by atoms with van der Waals surface area (Å²) >= 11 is 0. The predicted molar refractivity (Wildman–Crippen MR) is 74.4 cm³/mol. The maximum atomic E-state index is 5.41. The monoisotopic (exact) mass is 294 g/mol. The second kappa shape index (κ2) is 7.68. The summed E-state index contributed by atoms with van der Waals surface area (Å²) in [6.07, 6.45) is 0.576. The fraction of sp³-hybridized carbons (Fsp3) is 1.00. The average Bonchev–Trinajstić information content (AvgIpc) is 2.34. The van der Waals surface area contributed by atoms with Crippen molar-refractivity contribution in [3.05, 3.63) is 0 Å². The third kappa shape index (κ3) is 8.14. The standard InChI is InChI=1S/C14H30O6/c1-11(2)10-14(7,19-17-12(3,4)15-8)20-18-13(5,6)16-9/h11H,10H2,1-9H3. The van der Waals surface area contributed by atoms with Crippen molar-refractivity contribution in [2.45, 2.75) is 72.2 Å². The molecule has 0 bridgehead atoms. The molecular weight excluding hydrogens is 264 g/mol. The lowest BCUT2D eigenvalue weighted by molar-refractivity contribution is -0.568. The van der Waals surface area contributed by atoms with E-state index in [1.165, 1.54) is 14.2 Å². The Labute approximate surface area is 122 Å². The van der Waals surface area contributed by atoms with Gasteiger partial charge in [0.05, 0.1) is 0 Å². The minimum absolute atomic E-state index is 0.323. The smallest absolute Gasteiger partial charge is 0.231 e. The third-order valence-corrected chi connectivity index (χ3v) is 2.60. The van der Waals surface area contributed by atoms with Crippen LogP contribution in [-0.4, -0.2) is 31.6 Å². The Morgan fingerprint density at radius 1 is 0.700 bits per heavy atom. The zero-order chi connectivity index (χ0) is 16.0. The molecule has 0 heterocycles. The lowest BCUT2D eigenvalue weighted by Gasteiger charge is -2.34. The van der Waals surface area contributed by atoms with E-state index in [4.69, 9.17) is 29.0 Å². The SMILES string of the molecule is COC(C)(C)OOC(C)(CC(C)C)OOC(C)(C)OC. The lowest BCUT2D eigenvalue weighted by atomic mass is 10.0. The average molecular weight is 294 g/mol. The van der Waals surface area contributed by atoms with Crippen LogP contribution in [0, 0.1) is 5.92 Å². The largest absolute Gasteiger partial charge is 0.351 e. The first-order valence-corrected chi connectivity index (χ1v) is 6.79. The second-order valence-electron chi connectivity index (χ2n) is 6.27. The van der Waals surface area contributed by atoms with Gasteiger partial charge in [0.15, 0.2) is 11.6 Å². The van der Waals surface area contributed by atoms with Crippen molar-refractivity contribution in [3.8, 4) is 0 Å². The highest BCUT2D eigenvalue weighted by molar-refractivity contribution is 4.63. The van der Waals surface area contributed by atoms with E-state index in [0.29, 0.717) is 12.3 Å². The summed E-state index contributed by atoms with van der Waals surface area (Å²) < 4.78 is 10.3. The van der Waals surface area contributed by atoms with Gasteiger partial charge in [0.2, 0.25) is 5.79 Å². The van der Waals surface area contributed by atoms with Crippen molar-refractivity contribution < 1.29 is 29.0 Å². The van der Waals surface area contributed by atoms with E-state index < -0.39 is 17.4 Å². The van der Waals surface area contributed by atoms with Crippen LogP contribution in [0.5, 0.6) is 0 Å². The van der Waals surface area contributed by atoms with Crippen LogP contribution >= 0.6 is 0 Å². The molecule has 0 N–H and O–H groups in total. The van der Waals surface area contributed by atoms with Gasteiger partial charge in [0.25, 0.3) is 0 Å². The summed E-state index contributed by atoms with van der Waals surface area (Å²) in [5.74, 6) is -2.50. The first-order valence-electron chi connectivity index (χ1n) is 6.79. The first-order chi connectivity index (χ1) is 8.95. The quantitative estimate of drug-likeness (QED) is 0.349. The highest BCUT2D eigenvalue weighted by atomic mass is 17.3. The van der Waals surface area contributed by atoms with Crippen molar-refractivity contribution in [1.29, 1.82) is 0 Å². The number of hydrogen-bond donors (Lipinski definition) is 0. The van der Waals surface area contributed by atoms with Gasteiger partial charge in [-0.15, -0.1) is 0 Å². The van der Waals surface area contributed by atoms with Crippen LogP contribution < -0.4 is 0 Å². The van der Waals surface area contributed by atoms with Gasteiger partial charge in [-0.3, -0.25) is 0 Å². The molecule has 0 saturated heterocycles. The molecule has 20 heavy (non-hydrogen) atoms. The molecule has 6 heteroatoms. The van der Waals surface area contributed by atoms with E-state index in [2.05, 4.69) is 0 Å². The van der Waals surface area contributed by atoms with Crippen molar-refractivity contribution >= 4 is 0 Å². The van der Waals surface area contributed by atoms with Crippen molar-refractivity contribution in [1.82, 2.24) is 0 Å². The van der Waals surface area contributed by atoms with Crippen molar-refractivity contribution in [2.75, 3.05) is 14.2 Å². The summed E-state index contributed by atoms with van der Waals surface area (Å²) in [6.45, 7) is 12.8. The second-order valence-corrected chi connectivity index (χ2v) is 6.27. The molecule has 0 aromatic rings. The van der Waals surface area contributed by atoms with Gasteiger partial charge in [-0.2, -0.15) is 19.6 Å². The van der Waals surface area contributed by atoms with E-state index in [1.807, 2.05) is 13.8 Å². The molecule has 0 atom stereocenters. The maximum Gasteiger partial charge on any atom is 0.231 e. The van der Waals surface area contributed by atoms with Crippen LogP contribution in [0.4, 0.5) is 0 Å². The van der Waals surface area contributed by atoms with Crippen molar-refractivity contribution in [2.24, 2.45) is 5.92 Å². The number of rotatable bonds is 10. The molecule has 122 valence electrons. The van der Waals surface area contributed by atoms with E-state index in [-0.39, 0.29) is 0 Å². The molecule has 0 saturated carbocycles. The normalized spacial score (nSPS) is 14.1. The van der Waals surface area contributed by atoms with Crippen LogP contribution in [0.15, 0.2) is 0 Å². The minimum atomic E-state index is -1.07. The molecule has 0 aliphatic carbocycles. The van der Waals surface area contributed by atoms with Crippen LogP contribution in [0.2, 0.25) is 0 Å². The molecule has 6 nitrogen and oxygen atoms in total. The van der Waals surface area contributed by atoms with Crippen LogP contribution in [0.3, 0.4) is 0 Å². The topological polar surface area (TPSA) is 55.4 Å². The molecule has 0 radical (unpaired) electrons. The van der Waals surface area contributed by atoms with Gasteiger partial charge in [-0.1, -0.05) is 13.8 Å². The highest BCUT2D eigenvalue weighted by Gasteiger charge is 2.36. The molecule has 0 unspecified atom stereocenters. The molecule has 0 spiro atoms. The fourth-order valence-corrected chi connectivity index (χ4v) is 1.27. The van der Waals surface area contributed by atoms with Crippen LogP contribution in [0.25, 0.3) is 0 Å². The van der Waals surface area contributed by atoms with Crippen LogP contribution in [-0.2, 0) is 29.0 Å². The summed E-state index contributed by atoms with van der Waals surface area (Å²) in [4.78, 5) is 21.4. The summed E-state index contributed by atoms with van der Waals surface area (Å²) in [6, 6.07) is 0. The van der Waals surface area contributed by atoms with Gasteiger partial charge in [-0.25, -0.2) is 0 Å². The minimum Gasteiger partial charge on any atom is -0.351 e. The Morgan fingerprint density at radius 2 is 1.05 bits per heavy atom. The summed E-state index contributed by atoms with van der Waals surface area (Å²) in [5.41, 5.74) is 0. The fourth-order valence-electron chi connectivity index (χ4n) is 1.27. The maximum absolute atomic E-state index is 5.41. The lowest BCUT2D eigenvalue weighted by Crippen LogP contribution is -2.41. The number of hydrogen-bond acceptors (Lipinski definition) is 6. The molecule has 0 aromatic heterocycles. The molecule has 0 aromatic carbocycles. The van der Waals surface area contributed by atoms with Crippen LogP contribution in [0.1, 0.15) is 54.9 Å². The first kappa shape index (κ1) is 19.8. The molecule has 0 rings (SSSR count). The Kier molecular flexibility index (Phi) is 7.59. The highest BCUT2D eigenvalue weighted by Crippen LogP contribution is 2.28. The molecule has 0 fully saturated rings. The van der Waals surface area contributed by atoms with Gasteiger partial charge < -0.3 is 9.47 Å². The Hall–Kier alpha value is -0.240. The summed E-state index contributed by atoms with van der Waals surface area (Å²) in [5, 5.41) is 0. The van der Waals surface area contributed by atoms with E-state index in [9.17, 15) is 0 Å².